The summed E-state index contributed by atoms with van der Waals surface area (Å²) in [5.41, 5.74) is 4.61. The maximum absolute atomic E-state index is 12.8. The number of hydrogen-bond acceptors (Lipinski definition) is 3. The molecule has 1 fully saturated rings. The zero-order chi connectivity index (χ0) is 23.1. The number of aliphatic imine (C=N–C) groups is 1. The maximum Gasteiger partial charge on any atom is 0.228 e. The lowest BCUT2D eigenvalue weighted by atomic mass is 9.87. The minimum absolute atomic E-state index is 0.191. The Bertz CT molecular complexity index is 706. The van der Waals surface area contributed by atoms with Crippen LogP contribution in [-0.4, -0.2) is 47.1 Å². The van der Waals surface area contributed by atoms with E-state index in [1.54, 1.807) is 0 Å². The van der Waals surface area contributed by atoms with Crippen LogP contribution in [0.3, 0.4) is 0 Å². The van der Waals surface area contributed by atoms with Crippen LogP contribution < -0.4 is 0 Å². The summed E-state index contributed by atoms with van der Waals surface area (Å²) in [6.07, 6.45) is 8.35. The monoisotopic (exact) mass is 415 g/mol. The van der Waals surface area contributed by atoms with Gasteiger partial charge in [-0.2, -0.15) is 0 Å². The van der Waals surface area contributed by atoms with Crippen molar-refractivity contribution in [2.45, 2.75) is 88.1 Å². The Balaban J connectivity index is 3.31. The molecule has 0 spiro atoms. The molecule has 4 heteroatoms. The van der Waals surface area contributed by atoms with Gasteiger partial charge in [0.15, 0.2) is 0 Å². The molecule has 170 valence electrons. The van der Waals surface area contributed by atoms with Gasteiger partial charge in [0.2, 0.25) is 5.91 Å². The molecule has 0 N–H and O–H groups in total. The van der Waals surface area contributed by atoms with Gasteiger partial charge in [-0.1, -0.05) is 53.7 Å². The Morgan fingerprint density at radius 1 is 1.20 bits per heavy atom. The summed E-state index contributed by atoms with van der Waals surface area (Å²) in [5, 5.41) is 0. The molecule has 1 saturated heterocycles. The minimum Gasteiger partial charge on any atom is -0.371 e. The summed E-state index contributed by atoms with van der Waals surface area (Å²) < 4.78 is 0. The minimum atomic E-state index is -0.337. The van der Waals surface area contributed by atoms with Gasteiger partial charge >= 0.3 is 0 Å². The van der Waals surface area contributed by atoms with Crippen molar-refractivity contribution in [3.05, 3.63) is 35.2 Å². The van der Waals surface area contributed by atoms with Crippen molar-refractivity contribution in [2.24, 2.45) is 16.3 Å². The van der Waals surface area contributed by atoms with Crippen LogP contribution in [0.5, 0.6) is 0 Å². The van der Waals surface area contributed by atoms with Crippen molar-refractivity contribution in [3.8, 4) is 0 Å². The van der Waals surface area contributed by atoms with Gasteiger partial charge in [0.25, 0.3) is 0 Å². The lowest BCUT2D eigenvalue weighted by molar-refractivity contribution is -0.143. The van der Waals surface area contributed by atoms with Gasteiger partial charge < -0.3 is 9.80 Å². The quantitative estimate of drug-likeness (QED) is 0.366. The fourth-order valence-corrected chi connectivity index (χ4v) is 4.06. The molecule has 0 radical (unpaired) electrons. The Hall–Kier alpha value is -1.84. The Kier molecular flexibility index (Phi) is 10.1. The van der Waals surface area contributed by atoms with Crippen molar-refractivity contribution in [1.82, 2.24) is 9.80 Å². The van der Waals surface area contributed by atoms with E-state index in [2.05, 4.69) is 70.4 Å². The number of amides is 1. The second-order valence-corrected chi connectivity index (χ2v) is 9.56. The van der Waals surface area contributed by atoms with E-state index in [1.807, 2.05) is 27.0 Å². The van der Waals surface area contributed by atoms with Crippen LogP contribution in [0.25, 0.3) is 0 Å². The molecule has 30 heavy (non-hydrogen) atoms. The van der Waals surface area contributed by atoms with E-state index in [0.717, 1.165) is 38.2 Å². The second-order valence-electron chi connectivity index (χ2n) is 9.56. The van der Waals surface area contributed by atoms with Gasteiger partial charge in [0.05, 0.1) is 0 Å². The van der Waals surface area contributed by atoms with E-state index in [9.17, 15) is 4.79 Å². The third-order valence-electron chi connectivity index (χ3n) is 6.08. The van der Waals surface area contributed by atoms with E-state index in [4.69, 9.17) is 4.99 Å². The first-order valence-corrected chi connectivity index (χ1v) is 11.6. The van der Waals surface area contributed by atoms with Gasteiger partial charge in [0, 0.05) is 54.3 Å². The molecule has 1 heterocycles. The smallest absolute Gasteiger partial charge is 0.228 e. The zero-order valence-electron chi connectivity index (χ0n) is 21.2. The molecule has 0 bridgehead atoms. The summed E-state index contributed by atoms with van der Waals surface area (Å²) in [7, 11) is 0. The number of piperazine rings is 1. The van der Waals surface area contributed by atoms with Crippen LogP contribution >= 0.6 is 0 Å². The molecule has 4 nitrogen and oxygen atoms in total. The first-order valence-electron chi connectivity index (χ1n) is 11.6. The van der Waals surface area contributed by atoms with E-state index in [-0.39, 0.29) is 17.4 Å². The zero-order valence-corrected chi connectivity index (χ0v) is 21.2. The highest BCUT2D eigenvalue weighted by Crippen LogP contribution is 2.30. The fourth-order valence-electron chi connectivity index (χ4n) is 4.06. The summed E-state index contributed by atoms with van der Waals surface area (Å²) in [5.74, 6) is 0.717. The van der Waals surface area contributed by atoms with Crippen LogP contribution in [-0.2, 0) is 4.79 Å². The first-order chi connectivity index (χ1) is 14.0. The largest absolute Gasteiger partial charge is 0.371 e. The highest BCUT2D eigenvalue weighted by atomic mass is 16.2. The predicted octanol–water partition coefficient (Wildman–Crippen LogP) is 6.22. The first kappa shape index (κ1) is 26.2. The van der Waals surface area contributed by atoms with Gasteiger partial charge in [-0.3, -0.25) is 9.79 Å². The molecule has 1 amide bonds. The van der Waals surface area contributed by atoms with Crippen molar-refractivity contribution < 1.29 is 4.79 Å². The van der Waals surface area contributed by atoms with Crippen molar-refractivity contribution >= 4 is 11.6 Å². The van der Waals surface area contributed by atoms with E-state index in [1.165, 1.54) is 16.8 Å². The molecule has 0 aromatic heterocycles. The third-order valence-corrected chi connectivity index (χ3v) is 6.08. The van der Waals surface area contributed by atoms with E-state index < -0.39 is 0 Å². The molecule has 0 aromatic carbocycles. The summed E-state index contributed by atoms with van der Waals surface area (Å²) in [6.45, 7) is 23.8. The molecule has 0 saturated carbocycles. The second kappa shape index (κ2) is 11.5. The number of allylic oxidation sites excluding steroid dienone is 5. The summed E-state index contributed by atoms with van der Waals surface area (Å²) in [6, 6.07) is 0.191. The molecule has 1 aliphatic rings. The Morgan fingerprint density at radius 3 is 2.30 bits per heavy atom. The highest BCUT2D eigenvalue weighted by Gasteiger charge is 2.34. The van der Waals surface area contributed by atoms with Gasteiger partial charge in [-0.25, -0.2) is 0 Å². The number of nitrogens with zero attached hydrogens (tertiary/aromatic N) is 3. The Morgan fingerprint density at radius 2 is 1.83 bits per heavy atom. The summed E-state index contributed by atoms with van der Waals surface area (Å²) in [4.78, 5) is 22.1. The molecular formula is C26H45N3O. The highest BCUT2D eigenvalue weighted by molar-refractivity contribution is 6.03. The molecule has 0 aromatic rings. The van der Waals surface area contributed by atoms with E-state index >= 15 is 0 Å². The normalized spacial score (nSPS) is 21.2. The van der Waals surface area contributed by atoms with Gasteiger partial charge in [-0.05, 0) is 52.0 Å². The Labute approximate surface area is 185 Å². The van der Waals surface area contributed by atoms with Crippen LogP contribution in [0.1, 0.15) is 82.1 Å². The van der Waals surface area contributed by atoms with E-state index in [0.29, 0.717) is 5.92 Å². The maximum atomic E-state index is 12.8. The lowest BCUT2D eigenvalue weighted by Crippen LogP contribution is -2.56. The standard InChI is InChI=1S/C26H45N3O/c1-11-14-15-27-21(6)24(23(13-3)19(4)12-2)22(7)28-16-17-29(20(5)18-28)25(30)26(8,9)10/h13-15,19-20H,11-12,16-18H2,1-10H3/b15-14+,23-13-,24-22-,27-21+. The average Bonchev–Trinajstić information content (AvgIpc) is 2.69. The van der Waals surface area contributed by atoms with Crippen LogP contribution in [0.15, 0.2) is 40.2 Å². The molecule has 1 aliphatic heterocycles. The number of hydrogen-bond donors (Lipinski definition) is 0. The van der Waals surface area contributed by atoms with Crippen molar-refractivity contribution in [2.75, 3.05) is 19.6 Å². The van der Waals surface area contributed by atoms with Crippen LogP contribution in [0.4, 0.5) is 0 Å². The fraction of sp³-hybridized carbons (Fsp3) is 0.692. The molecule has 2 atom stereocenters. The third kappa shape index (κ3) is 6.58. The van der Waals surface area contributed by atoms with Crippen LogP contribution in [0, 0.1) is 11.3 Å². The molecule has 2 unspecified atom stereocenters. The molecular weight excluding hydrogens is 370 g/mol. The van der Waals surface area contributed by atoms with Crippen molar-refractivity contribution in [1.29, 1.82) is 0 Å². The number of rotatable bonds is 7. The molecule has 0 aliphatic carbocycles. The lowest BCUT2D eigenvalue weighted by Gasteiger charge is -2.44. The average molecular weight is 416 g/mol. The van der Waals surface area contributed by atoms with Crippen molar-refractivity contribution in [3.63, 3.8) is 0 Å². The van der Waals surface area contributed by atoms with Gasteiger partial charge in [-0.15, -0.1) is 0 Å². The van der Waals surface area contributed by atoms with Crippen LogP contribution in [0.2, 0.25) is 0 Å². The SMILES string of the molecule is C\C=C(C(/C(C)=N/C=C/CC)=C(/C)N1CCN(C(=O)C(C)(C)C)C(C)C1)\C(C)CC. The number of carbonyl (C=O) groups excluding carboxylic acids is 1. The topological polar surface area (TPSA) is 35.9 Å². The van der Waals surface area contributed by atoms with Gasteiger partial charge in [0.1, 0.15) is 0 Å². The molecule has 1 rings (SSSR count). The number of carbonyl (C=O) groups is 1. The summed E-state index contributed by atoms with van der Waals surface area (Å²) >= 11 is 0. The predicted molar refractivity (Wildman–Crippen MR) is 131 cm³/mol.